The summed E-state index contributed by atoms with van der Waals surface area (Å²) in [6.07, 6.45) is 3.51. The molecule has 3 N–H and O–H groups in total. The van der Waals surface area contributed by atoms with Crippen molar-refractivity contribution in [2.45, 2.75) is 38.6 Å². The number of nitrogens with two attached hydrogens (primary N) is 1. The predicted molar refractivity (Wildman–Crippen MR) is 82.6 cm³/mol. The van der Waals surface area contributed by atoms with Gasteiger partial charge in [0.1, 0.15) is 0 Å². The Kier molecular flexibility index (Phi) is 4.83. The lowest BCUT2D eigenvalue weighted by molar-refractivity contribution is 0.177. The van der Waals surface area contributed by atoms with Crippen LogP contribution in [0.4, 0.5) is 5.69 Å². The molecule has 106 valence electrons. The molecule has 1 aliphatic heterocycles. The number of hydrogen-bond acceptors (Lipinski definition) is 3. The Bertz CT molecular complexity index is 395. The van der Waals surface area contributed by atoms with Crippen LogP contribution < -0.4 is 11.1 Å². The first-order chi connectivity index (χ1) is 9.19. The van der Waals surface area contributed by atoms with Gasteiger partial charge in [-0.2, -0.15) is 0 Å². The maximum Gasteiger partial charge on any atom is 0.0520 e. The molecule has 0 bridgehead atoms. The second kappa shape index (κ2) is 6.40. The molecule has 1 aromatic rings. The van der Waals surface area contributed by atoms with Crippen molar-refractivity contribution >= 4 is 5.69 Å². The summed E-state index contributed by atoms with van der Waals surface area (Å²) >= 11 is 0. The van der Waals surface area contributed by atoms with Crippen LogP contribution in [-0.4, -0.2) is 36.6 Å². The van der Waals surface area contributed by atoms with Crippen molar-refractivity contribution in [1.82, 2.24) is 4.90 Å². The highest BCUT2D eigenvalue weighted by atomic mass is 15.2. The minimum Gasteiger partial charge on any atom is -0.378 e. The van der Waals surface area contributed by atoms with Crippen molar-refractivity contribution in [3.05, 3.63) is 29.8 Å². The van der Waals surface area contributed by atoms with Crippen molar-refractivity contribution in [3.63, 3.8) is 0 Å². The number of piperidine rings is 1. The van der Waals surface area contributed by atoms with Crippen molar-refractivity contribution in [3.8, 4) is 0 Å². The summed E-state index contributed by atoms with van der Waals surface area (Å²) in [6.45, 7) is 8.63. The summed E-state index contributed by atoms with van der Waals surface area (Å²) in [5.74, 6) is 0. The summed E-state index contributed by atoms with van der Waals surface area (Å²) in [6, 6.07) is 8.48. The average Bonchev–Trinajstić information content (AvgIpc) is 2.44. The van der Waals surface area contributed by atoms with Gasteiger partial charge < -0.3 is 16.0 Å². The van der Waals surface area contributed by atoms with E-state index >= 15 is 0 Å². The van der Waals surface area contributed by atoms with E-state index in [1.165, 1.54) is 24.2 Å². The van der Waals surface area contributed by atoms with Gasteiger partial charge in [0.05, 0.1) is 5.54 Å². The van der Waals surface area contributed by atoms with Crippen LogP contribution in [0.15, 0.2) is 24.3 Å². The van der Waals surface area contributed by atoms with Crippen molar-refractivity contribution in [1.29, 1.82) is 0 Å². The molecule has 1 aliphatic rings. The Labute approximate surface area is 117 Å². The van der Waals surface area contributed by atoms with Gasteiger partial charge in [-0.15, -0.1) is 0 Å². The molecule has 0 radical (unpaired) electrons. The number of nitrogens with zero attached hydrogens (tertiary/aromatic N) is 1. The Morgan fingerprint density at radius 1 is 1.26 bits per heavy atom. The first kappa shape index (κ1) is 14.4. The molecule has 0 amide bonds. The first-order valence-electron chi connectivity index (χ1n) is 7.45. The van der Waals surface area contributed by atoms with Crippen molar-refractivity contribution < 1.29 is 0 Å². The van der Waals surface area contributed by atoms with Crippen LogP contribution in [0.2, 0.25) is 0 Å². The number of para-hydroxylation sites is 1. The topological polar surface area (TPSA) is 41.3 Å². The molecule has 0 atom stereocenters. The molecule has 0 aromatic heterocycles. The largest absolute Gasteiger partial charge is 0.378 e. The van der Waals surface area contributed by atoms with E-state index in [0.717, 1.165) is 25.9 Å². The minimum atomic E-state index is 0.0797. The zero-order chi connectivity index (χ0) is 13.7. The minimum absolute atomic E-state index is 0.0797. The molecule has 1 saturated heterocycles. The van der Waals surface area contributed by atoms with E-state index in [0.29, 0.717) is 6.54 Å². The third-order valence-electron chi connectivity index (χ3n) is 4.29. The average molecular weight is 261 g/mol. The van der Waals surface area contributed by atoms with E-state index in [-0.39, 0.29) is 5.54 Å². The number of aryl methyl sites for hydroxylation is 1. The number of rotatable bonds is 5. The number of anilines is 1. The van der Waals surface area contributed by atoms with E-state index in [4.69, 9.17) is 5.73 Å². The molecule has 0 saturated carbocycles. The molecule has 3 heteroatoms. The number of benzene rings is 1. The molecular weight excluding hydrogens is 234 g/mol. The lowest BCUT2D eigenvalue weighted by Gasteiger charge is -2.42. The maximum atomic E-state index is 6.07. The Morgan fingerprint density at radius 2 is 1.95 bits per heavy atom. The van der Waals surface area contributed by atoms with Crippen molar-refractivity contribution in [2.75, 3.05) is 31.5 Å². The summed E-state index contributed by atoms with van der Waals surface area (Å²) in [4.78, 5) is 2.55. The van der Waals surface area contributed by atoms with Crippen molar-refractivity contribution in [2.24, 2.45) is 5.73 Å². The SMILES string of the molecule is CCCN1CCC(CN)(Nc2ccccc2C)CC1. The first-order valence-corrected chi connectivity index (χ1v) is 7.45. The third kappa shape index (κ3) is 3.48. The van der Waals surface area contributed by atoms with E-state index in [2.05, 4.69) is 48.3 Å². The summed E-state index contributed by atoms with van der Waals surface area (Å²) in [7, 11) is 0. The fourth-order valence-corrected chi connectivity index (χ4v) is 2.90. The molecule has 1 heterocycles. The van der Waals surface area contributed by atoms with E-state index in [1.807, 2.05) is 0 Å². The second-order valence-electron chi connectivity index (χ2n) is 5.77. The van der Waals surface area contributed by atoms with Crippen LogP contribution in [0, 0.1) is 6.92 Å². The van der Waals surface area contributed by atoms with Crippen LogP contribution in [0.1, 0.15) is 31.7 Å². The van der Waals surface area contributed by atoms with Crippen LogP contribution in [0.3, 0.4) is 0 Å². The van der Waals surface area contributed by atoms with Gasteiger partial charge in [-0.1, -0.05) is 25.1 Å². The highest BCUT2D eigenvalue weighted by Gasteiger charge is 2.33. The Hall–Kier alpha value is -1.06. The zero-order valence-electron chi connectivity index (χ0n) is 12.3. The van der Waals surface area contributed by atoms with Crippen LogP contribution in [-0.2, 0) is 0 Å². The zero-order valence-corrected chi connectivity index (χ0v) is 12.3. The van der Waals surface area contributed by atoms with E-state index < -0.39 is 0 Å². The second-order valence-corrected chi connectivity index (χ2v) is 5.77. The molecule has 19 heavy (non-hydrogen) atoms. The fourth-order valence-electron chi connectivity index (χ4n) is 2.90. The molecule has 0 aliphatic carbocycles. The van der Waals surface area contributed by atoms with Crippen LogP contribution >= 0.6 is 0 Å². The lowest BCUT2D eigenvalue weighted by atomic mass is 9.86. The smallest absolute Gasteiger partial charge is 0.0520 e. The molecule has 2 rings (SSSR count). The highest BCUT2D eigenvalue weighted by molar-refractivity contribution is 5.52. The van der Waals surface area contributed by atoms with Gasteiger partial charge in [0.15, 0.2) is 0 Å². The van der Waals surface area contributed by atoms with Gasteiger partial charge >= 0.3 is 0 Å². The fraction of sp³-hybridized carbons (Fsp3) is 0.625. The normalized spacial score (nSPS) is 19.3. The molecular formula is C16H27N3. The Morgan fingerprint density at radius 3 is 2.53 bits per heavy atom. The van der Waals surface area contributed by atoms with Crippen LogP contribution in [0.25, 0.3) is 0 Å². The Balaban J connectivity index is 2.02. The van der Waals surface area contributed by atoms with E-state index in [1.54, 1.807) is 0 Å². The number of likely N-dealkylation sites (tertiary alicyclic amines) is 1. The summed E-state index contributed by atoms with van der Waals surface area (Å²) < 4.78 is 0. The van der Waals surface area contributed by atoms with Gasteiger partial charge in [0, 0.05) is 25.3 Å². The van der Waals surface area contributed by atoms with Gasteiger partial charge in [-0.25, -0.2) is 0 Å². The lowest BCUT2D eigenvalue weighted by Crippen LogP contribution is -2.53. The number of hydrogen-bond donors (Lipinski definition) is 2. The van der Waals surface area contributed by atoms with Gasteiger partial charge in [0.25, 0.3) is 0 Å². The van der Waals surface area contributed by atoms with Gasteiger partial charge in [-0.05, 0) is 44.4 Å². The van der Waals surface area contributed by atoms with Gasteiger partial charge in [0.2, 0.25) is 0 Å². The quantitative estimate of drug-likeness (QED) is 0.856. The predicted octanol–water partition coefficient (Wildman–Crippen LogP) is 2.61. The summed E-state index contributed by atoms with van der Waals surface area (Å²) in [5.41, 5.74) is 8.68. The molecule has 1 fully saturated rings. The third-order valence-corrected chi connectivity index (χ3v) is 4.29. The number of nitrogens with one attached hydrogen (secondary N) is 1. The standard InChI is InChI=1S/C16H27N3/c1-3-10-19-11-8-16(13-17,9-12-19)18-15-7-5-4-6-14(15)2/h4-7,18H,3,8-13,17H2,1-2H3. The van der Waals surface area contributed by atoms with E-state index in [9.17, 15) is 0 Å². The maximum absolute atomic E-state index is 6.07. The molecule has 0 unspecified atom stereocenters. The summed E-state index contributed by atoms with van der Waals surface area (Å²) in [5, 5.41) is 3.72. The monoisotopic (exact) mass is 261 g/mol. The molecule has 1 aromatic carbocycles. The molecule has 0 spiro atoms. The highest BCUT2D eigenvalue weighted by Crippen LogP contribution is 2.27. The van der Waals surface area contributed by atoms with Gasteiger partial charge in [-0.3, -0.25) is 0 Å². The molecule has 3 nitrogen and oxygen atoms in total. The van der Waals surface area contributed by atoms with Crippen LogP contribution in [0.5, 0.6) is 0 Å².